The van der Waals surface area contributed by atoms with E-state index in [-0.39, 0.29) is 5.78 Å². The van der Waals surface area contributed by atoms with Gasteiger partial charge in [-0.2, -0.15) is 0 Å². The number of aryl methyl sites for hydroxylation is 1. The summed E-state index contributed by atoms with van der Waals surface area (Å²) in [5, 5.41) is 0.361. The maximum atomic E-state index is 12.5. The number of aromatic nitrogens is 1. The lowest BCUT2D eigenvalue weighted by molar-refractivity contribution is 0.103. The Morgan fingerprint density at radius 2 is 1.89 bits per heavy atom. The van der Waals surface area contributed by atoms with Gasteiger partial charge in [-0.15, -0.1) is 0 Å². The van der Waals surface area contributed by atoms with Crippen molar-refractivity contribution >= 4 is 17.4 Å². The Labute approximate surface area is 118 Å². The molecule has 0 atom stereocenters. The molecule has 1 aromatic heterocycles. The summed E-state index contributed by atoms with van der Waals surface area (Å²) >= 11 is 5.92. The zero-order valence-electron chi connectivity index (χ0n) is 10.9. The Hall–Kier alpha value is -1.67. The minimum Gasteiger partial charge on any atom is -0.287 e. The van der Waals surface area contributed by atoms with Crippen LogP contribution >= 0.6 is 11.6 Å². The topological polar surface area (TPSA) is 30.0 Å². The predicted molar refractivity (Wildman–Crippen MR) is 77.7 cm³/mol. The number of halogens is 1. The number of rotatable bonds is 5. The number of nitrogens with zero attached hydrogens (tertiary/aromatic N) is 1. The molecule has 19 heavy (non-hydrogen) atoms. The van der Waals surface area contributed by atoms with E-state index in [1.165, 1.54) is 0 Å². The number of ketones is 1. The van der Waals surface area contributed by atoms with Crippen LogP contribution < -0.4 is 0 Å². The second kappa shape index (κ2) is 6.48. The van der Waals surface area contributed by atoms with Crippen molar-refractivity contribution in [3.63, 3.8) is 0 Å². The van der Waals surface area contributed by atoms with Crippen LogP contribution in [0.25, 0.3) is 0 Å². The van der Waals surface area contributed by atoms with Gasteiger partial charge in [0, 0.05) is 5.56 Å². The molecule has 98 valence electrons. The smallest absolute Gasteiger partial charge is 0.211 e. The normalized spacial score (nSPS) is 10.4. The summed E-state index contributed by atoms with van der Waals surface area (Å²) in [6, 6.07) is 12.8. The molecule has 0 spiro atoms. The van der Waals surface area contributed by atoms with Gasteiger partial charge in [0.15, 0.2) is 0 Å². The molecule has 0 radical (unpaired) electrons. The molecule has 0 saturated heterocycles. The first kappa shape index (κ1) is 13.8. The summed E-state index contributed by atoms with van der Waals surface area (Å²) in [7, 11) is 0. The first-order valence-corrected chi connectivity index (χ1v) is 6.85. The minimum atomic E-state index is -0.0609. The van der Waals surface area contributed by atoms with Crippen LogP contribution in [0.2, 0.25) is 5.15 Å². The van der Waals surface area contributed by atoms with Gasteiger partial charge >= 0.3 is 0 Å². The van der Waals surface area contributed by atoms with E-state index in [0.717, 1.165) is 24.8 Å². The highest BCUT2D eigenvalue weighted by atomic mass is 35.5. The van der Waals surface area contributed by atoms with Gasteiger partial charge in [-0.05, 0) is 24.5 Å². The lowest BCUT2D eigenvalue weighted by Crippen LogP contribution is -2.08. The number of pyridine rings is 1. The van der Waals surface area contributed by atoms with Crippen molar-refractivity contribution in [3.8, 4) is 0 Å². The number of carbonyl (C=O) groups is 1. The van der Waals surface area contributed by atoms with Crippen molar-refractivity contribution in [2.45, 2.75) is 26.2 Å². The van der Waals surface area contributed by atoms with Gasteiger partial charge in [0.1, 0.15) is 10.8 Å². The lowest BCUT2D eigenvalue weighted by Gasteiger charge is -2.08. The summed E-state index contributed by atoms with van der Waals surface area (Å²) in [5.41, 5.74) is 2.10. The Kier molecular flexibility index (Phi) is 4.69. The highest BCUT2D eigenvalue weighted by Crippen LogP contribution is 2.18. The summed E-state index contributed by atoms with van der Waals surface area (Å²) < 4.78 is 0. The fourth-order valence-corrected chi connectivity index (χ4v) is 2.10. The molecule has 0 saturated carbocycles. The quantitative estimate of drug-likeness (QED) is 0.600. The summed E-state index contributed by atoms with van der Waals surface area (Å²) in [4.78, 5) is 16.7. The summed E-state index contributed by atoms with van der Waals surface area (Å²) in [5.74, 6) is -0.0609. The fourth-order valence-electron chi connectivity index (χ4n) is 1.96. The van der Waals surface area contributed by atoms with Crippen molar-refractivity contribution in [1.29, 1.82) is 0 Å². The van der Waals surface area contributed by atoms with Gasteiger partial charge in [-0.1, -0.05) is 61.3 Å². The first-order chi connectivity index (χ1) is 9.22. The van der Waals surface area contributed by atoms with E-state index < -0.39 is 0 Å². The van der Waals surface area contributed by atoms with Gasteiger partial charge in [0.25, 0.3) is 0 Å². The van der Waals surface area contributed by atoms with Crippen LogP contribution in [-0.4, -0.2) is 10.8 Å². The number of unbranched alkanes of at least 4 members (excludes halogenated alkanes) is 1. The van der Waals surface area contributed by atoms with Crippen LogP contribution in [0.3, 0.4) is 0 Å². The van der Waals surface area contributed by atoms with Gasteiger partial charge in [0.05, 0.1) is 0 Å². The standard InChI is InChI=1S/C16H16ClNO/c1-2-3-7-12-10-11-14(17)18-15(12)16(19)13-8-5-4-6-9-13/h4-6,8-11H,2-3,7H2,1H3. The second-order valence-electron chi connectivity index (χ2n) is 4.44. The van der Waals surface area contributed by atoms with E-state index in [1.807, 2.05) is 24.3 Å². The molecule has 0 unspecified atom stereocenters. The number of benzene rings is 1. The second-order valence-corrected chi connectivity index (χ2v) is 4.83. The average Bonchev–Trinajstić information content (AvgIpc) is 2.46. The van der Waals surface area contributed by atoms with E-state index in [4.69, 9.17) is 11.6 Å². The van der Waals surface area contributed by atoms with Crippen molar-refractivity contribution < 1.29 is 4.79 Å². The molecule has 2 nitrogen and oxygen atoms in total. The van der Waals surface area contributed by atoms with E-state index in [1.54, 1.807) is 18.2 Å². The van der Waals surface area contributed by atoms with Gasteiger partial charge in [0.2, 0.25) is 5.78 Å². The highest BCUT2D eigenvalue weighted by molar-refractivity contribution is 6.29. The molecule has 0 aliphatic carbocycles. The molecule has 0 bridgehead atoms. The van der Waals surface area contributed by atoms with Gasteiger partial charge < -0.3 is 0 Å². The molecule has 0 aliphatic rings. The zero-order chi connectivity index (χ0) is 13.7. The largest absolute Gasteiger partial charge is 0.287 e. The van der Waals surface area contributed by atoms with Gasteiger partial charge in [-0.3, -0.25) is 4.79 Å². The fraction of sp³-hybridized carbons (Fsp3) is 0.250. The molecule has 3 heteroatoms. The van der Waals surface area contributed by atoms with Crippen LogP contribution in [0, 0.1) is 0 Å². The van der Waals surface area contributed by atoms with Crippen LogP contribution in [0.15, 0.2) is 42.5 Å². The third-order valence-electron chi connectivity index (χ3n) is 3.00. The van der Waals surface area contributed by atoms with Crippen LogP contribution in [0.1, 0.15) is 41.4 Å². The lowest BCUT2D eigenvalue weighted by atomic mass is 10.0. The third kappa shape index (κ3) is 3.42. The van der Waals surface area contributed by atoms with Crippen LogP contribution in [0.5, 0.6) is 0 Å². The van der Waals surface area contributed by atoms with E-state index in [0.29, 0.717) is 16.4 Å². The molecule has 2 aromatic rings. The van der Waals surface area contributed by atoms with E-state index >= 15 is 0 Å². The molecule has 0 aliphatic heterocycles. The average molecular weight is 274 g/mol. The van der Waals surface area contributed by atoms with Crippen LogP contribution in [-0.2, 0) is 6.42 Å². The Balaban J connectivity index is 2.37. The molecule has 0 fully saturated rings. The van der Waals surface area contributed by atoms with Crippen molar-refractivity contribution in [3.05, 3.63) is 64.4 Å². The Morgan fingerprint density at radius 3 is 2.58 bits per heavy atom. The Morgan fingerprint density at radius 1 is 1.16 bits per heavy atom. The number of carbonyl (C=O) groups excluding carboxylic acids is 1. The maximum Gasteiger partial charge on any atom is 0.211 e. The molecule has 0 amide bonds. The summed E-state index contributed by atoms with van der Waals surface area (Å²) in [6.07, 6.45) is 2.98. The molecular weight excluding hydrogens is 258 g/mol. The number of hydrogen-bond acceptors (Lipinski definition) is 2. The maximum absolute atomic E-state index is 12.5. The van der Waals surface area contributed by atoms with E-state index in [2.05, 4.69) is 11.9 Å². The molecule has 2 rings (SSSR count). The van der Waals surface area contributed by atoms with Crippen LogP contribution in [0.4, 0.5) is 0 Å². The molecule has 1 aromatic carbocycles. The highest BCUT2D eigenvalue weighted by Gasteiger charge is 2.15. The monoisotopic (exact) mass is 273 g/mol. The molecule has 1 heterocycles. The van der Waals surface area contributed by atoms with Crippen molar-refractivity contribution in [2.75, 3.05) is 0 Å². The van der Waals surface area contributed by atoms with E-state index in [9.17, 15) is 4.79 Å². The zero-order valence-corrected chi connectivity index (χ0v) is 11.7. The molecule has 0 N–H and O–H groups in total. The molecular formula is C16H16ClNO. The first-order valence-electron chi connectivity index (χ1n) is 6.47. The van der Waals surface area contributed by atoms with Crippen molar-refractivity contribution in [1.82, 2.24) is 4.98 Å². The number of hydrogen-bond donors (Lipinski definition) is 0. The third-order valence-corrected chi connectivity index (χ3v) is 3.21. The summed E-state index contributed by atoms with van der Waals surface area (Å²) in [6.45, 7) is 2.13. The SMILES string of the molecule is CCCCc1ccc(Cl)nc1C(=O)c1ccccc1. The minimum absolute atomic E-state index is 0.0609. The van der Waals surface area contributed by atoms with Gasteiger partial charge in [-0.25, -0.2) is 4.98 Å². The Bertz CT molecular complexity index is 566. The predicted octanol–water partition coefficient (Wildman–Crippen LogP) is 4.31. The van der Waals surface area contributed by atoms with Crippen molar-refractivity contribution in [2.24, 2.45) is 0 Å².